The third-order valence-electron chi connectivity index (χ3n) is 2.00. The van der Waals surface area contributed by atoms with Crippen molar-refractivity contribution >= 4 is 16.6 Å². The second kappa shape index (κ2) is 3.35. The number of nitriles is 1. The fourth-order valence-corrected chi connectivity index (χ4v) is 1.36. The molecule has 0 bridgehead atoms. The summed E-state index contributed by atoms with van der Waals surface area (Å²) in [7, 11) is 0. The van der Waals surface area contributed by atoms with Crippen LogP contribution in [0.5, 0.6) is 0 Å². The van der Waals surface area contributed by atoms with Gasteiger partial charge in [-0.2, -0.15) is 5.26 Å². The van der Waals surface area contributed by atoms with Gasteiger partial charge in [0.25, 0.3) is 0 Å². The summed E-state index contributed by atoms with van der Waals surface area (Å²) in [6.07, 6.45) is 1.39. The van der Waals surface area contributed by atoms with E-state index < -0.39 is 0 Å². The Morgan fingerprint density at radius 2 is 2.21 bits per heavy atom. The van der Waals surface area contributed by atoms with Crippen molar-refractivity contribution in [1.82, 2.24) is 0 Å². The molecule has 0 radical (unpaired) electrons. The summed E-state index contributed by atoms with van der Waals surface area (Å²) in [6, 6.07) is 9.19. The summed E-state index contributed by atoms with van der Waals surface area (Å²) >= 11 is 0. The molecule has 1 heterocycles. The highest BCUT2D eigenvalue weighted by Crippen LogP contribution is 2.21. The minimum atomic E-state index is -0.270. The van der Waals surface area contributed by atoms with Gasteiger partial charge in [-0.15, -0.1) is 0 Å². The van der Waals surface area contributed by atoms with E-state index in [1.807, 2.05) is 30.3 Å². The molecular weight excluding hydrogens is 178 g/mol. The molecule has 0 aliphatic rings. The van der Waals surface area contributed by atoms with Gasteiger partial charge < -0.3 is 4.42 Å². The van der Waals surface area contributed by atoms with Crippen molar-refractivity contribution in [3.05, 3.63) is 36.3 Å². The number of furan rings is 1. The maximum absolute atomic E-state index is 11.4. The second-order valence-corrected chi connectivity index (χ2v) is 2.91. The molecule has 68 valence electrons. The first kappa shape index (κ1) is 8.52. The first-order valence-corrected chi connectivity index (χ1v) is 4.19. The van der Waals surface area contributed by atoms with Gasteiger partial charge in [0.1, 0.15) is 6.42 Å². The van der Waals surface area contributed by atoms with Gasteiger partial charge in [0, 0.05) is 10.8 Å². The van der Waals surface area contributed by atoms with Crippen LogP contribution < -0.4 is 0 Å². The van der Waals surface area contributed by atoms with E-state index in [0.29, 0.717) is 0 Å². The fourth-order valence-electron chi connectivity index (χ4n) is 1.36. The molecule has 0 atom stereocenters. The molecular formula is C11H7NO2. The van der Waals surface area contributed by atoms with E-state index in [1.54, 1.807) is 0 Å². The van der Waals surface area contributed by atoms with Crippen LogP contribution in [0.4, 0.5) is 0 Å². The Morgan fingerprint density at radius 3 is 3.00 bits per heavy atom. The number of ketones is 1. The van der Waals surface area contributed by atoms with Crippen LogP contribution in [0, 0.1) is 11.3 Å². The summed E-state index contributed by atoms with van der Waals surface area (Å²) < 4.78 is 5.13. The molecule has 2 rings (SSSR count). The van der Waals surface area contributed by atoms with Gasteiger partial charge in [-0.05, 0) is 0 Å². The highest BCUT2D eigenvalue weighted by molar-refractivity contribution is 6.06. The predicted octanol–water partition coefficient (Wildman–Crippen LogP) is 2.53. The van der Waals surface area contributed by atoms with Crippen molar-refractivity contribution in [3.63, 3.8) is 0 Å². The molecule has 0 spiro atoms. The van der Waals surface area contributed by atoms with Gasteiger partial charge in [0.2, 0.25) is 5.78 Å². The number of rotatable bonds is 2. The third-order valence-corrected chi connectivity index (χ3v) is 2.00. The SMILES string of the molecule is N#CCC(=O)c1occ2ccccc12. The van der Waals surface area contributed by atoms with Crippen LogP contribution in [0.25, 0.3) is 10.8 Å². The van der Waals surface area contributed by atoms with Gasteiger partial charge in [-0.1, -0.05) is 24.3 Å². The number of Topliss-reactive ketones (excluding diaryl/α,β-unsaturated/α-hetero) is 1. The Kier molecular flexibility index (Phi) is 2.04. The van der Waals surface area contributed by atoms with E-state index in [0.717, 1.165) is 10.8 Å². The summed E-state index contributed by atoms with van der Waals surface area (Å²) in [6.45, 7) is 0. The first-order chi connectivity index (χ1) is 6.83. The zero-order valence-electron chi connectivity index (χ0n) is 7.36. The Balaban J connectivity index is 2.54. The molecule has 0 N–H and O–H groups in total. The lowest BCUT2D eigenvalue weighted by Crippen LogP contribution is -1.94. The second-order valence-electron chi connectivity index (χ2n) is 2.91. The van der Waals surface area contributed by atoms with E-state index in [-0.39, 0.29) is 18.0 Å². The molecule has 0 unspecified atom stereocenters. The smallest absolute Gasteiger partial charge is 0.212 e. The van der Waals surface area contributed by atoms with Crippen molar-refractivity contribution in [2.75, 3.05) is 0 Å². The summed E-state index contributed by atoms with van der Waals surface area (Å²) in [5.74, 6) is 0.0100. The minimum Gasteiger partial charge on any atom is -0.460 e. The number of hydrogen-bond donors (Lipinski definition) is 0. The largest absolute Gasteiger partial charge is 0.460 e. The number of carbonyl (C=O) groups excluding carboxylic acids is 1. The van der Waals surface area contributed by atoms with E-state index >= 15 is 0 Å². The quantitative estimate of drug-likeness (QED) is 0.675. The van der Waals surface area contributed by atoms with Crippen LogP contribution in [0.15, 0.2) is 34.9 Å². The van der Waals surface area contributed by atoms with Gasteiger partial charge in [0.15, 0.2) is 5.76 Å². The maximum Gasteiger partial charge on any atom is 0.212 e. The average Bonchev–Trinajstić information content (AvgIpc) is 2.61. The zero-order chi connectivity index (χ0) is 9.97. The Morgan fingerprint density at radius 1 is 1.43 bits per heavy atom. The van der Waals surface area contributed by atoms with Crippen LogP contribution in [0.3, 0.4) is 0 Å². The molecule has 0 aliphatic carbocycles. The lowest BCUT2D eigenvalue weighted by Gasteiger charge is -1.91. The zero-order valence-corrected chi connectivity index (χ0v) is 7.36. The molecule has 1 aromatic carbocycles. The fraction of sp³-hybridized carbons (Fsp3) is 0.0909. The van der Waals surface area contributed by atoms with E-state index in [4.69, 9.17) is 9.68 Å². The van der Waals surface area contributed by atoms with Crippen LogP contribution in [-0.2, 0) is 0 Å². The van der Waals surface area contributed by atoms with Gasteiger partial charge in [-0.3, -0.25) is 4.79 Å². The summed E-state index contributed by atoms with van der Waals surface area (Å²) in [5, 5.41) is 10.0. The lowest BCUT2D eigenvalue weighted by molar-refractivity contribution is 0.0973. The van der Waals surface area contributed by atoms with Crippen molar-refractivity contribution in [2.45, 2.75) is 6.42 Å². The maximum atomic E-state index is 11.4. The van der Waals surface area contributed by atoms with Gasteiger partial charge in [0.05, 0.1) is 12.3 Å². The van der Waals surface area contributed by atoms with E-state index in [9.17, 15) is 4.79 Å². The average molecular weight is 185 g/mol. The number of carbonyl (C=O) groups is 1. The van der Waals surface area contributed by atoms with Gasteiger partial charge >= 0.3 is 0 Å². The van der Waals surface area contributed by atoms with E-state index in [1.165, 1.54) is 6.26 Å². The van der Waals surface area contributed by atoms with Crippen LogP contribution >= 0.6 is 0 Å². The number of benzene rings is 1. The molecule has 3 heteroatoms. The normalized spacial score (nSPS) is 9.93. The molecule has 0 fully saturated rings. The molecule has 0 amide bonds. The van der Waals surface area contributed by atoms with E-state index in [2.05, 4.69) is 0 Å². The highest BCUT2D eigenvalue weighted by Gasteiger charge is 2.13. The molecule has 1 aromatic heterocycles. The number of fused-ring (bicyclic) bond motifs is 1. The van der Waals surface area contributed by atoms with Crippen LogP contribution in [-0.4, -0.2) is 5.78 Å². The number of hydrogen-bond acceptors (Lipinski definition) is 3. The molecule has 0 aliphatic heterocycles. The predicted molar refractivity (Wildman–Crippen MR) is 50.8 cm³/mol. The monoisotopic (exact) mass is 185 g/mol. The number of nitrogens with zero attached hydrogens (tertiary/aromatic N) is 1. The highest BCUT2D eigenvalue weighted by atomic mass is 16.3. The third kappa shape index (κ3) is 1.27. The Bertz CT molecular complexity index is 519. The molecule has 0 saturated heterocycles. The van der Waals surface area contributed by atoms with Crippen LogP contribution in [0.2, 0.25) is 0 Å². The first-order valence-electron chi connectivity index (χ1n) is 4.19. The molecule has 0 saturated carbocycles. The Hall–Kier alpha value is -2.08. The summed E-state index contributed by atoms with van der Waals surface area (Å²) in [4.78, 5) is 11.4. The van der Waals surface area contributed by atoms with Crippen molar-refractivity contribution < 1.29 is 9.21 Å². The minimum absolute atomic E-state index is 0.141. The summed E-state index contributed by atoms with van der Waals surface area (Å²) in [5.41, 5.74) is 0. The van der Waals surface area contributed by atoms with Crippen molar-refractivity contribution in [3.8, 4) is 6.07 Å². The molecule has 2 aromatic rings. The van der Waals surface area contributed by atoms with Crippen molar-refractivity contribution in [1.29, 1.82) is 5.26 Å². The Labute approximate surface area is 80.6 Å². The van der Waals surface area contributed by atoms with Crippen LogP contribution in [0.1, 0.15) is 17.0 Å². The van der Waals surface area contributed by atoms with Gasteiger partial charge in [-0.25, -0.2) is 0 Å². The topological polar surface area (TPSA) is 54.0 Å². The lowest BCUT2D eigenvalue weighted by atomic mass is 10.1. The molecule has 14 heavy (non-hydrogen) atoms. The molecule has 3 nitrogen and oxygen atoms in total. The van der Waals surface area contributed by atoms with Crippen molar-refractivity contribution in [2.24, 2.45) is 0 Å². The standard InChI is InChI=1S/C11H7NO2/c12-6-5-10(13)11-9-4-2-1-3-8(9)7-14-11/h1-4,7H,5H2.